The van der Waals surface area contributed by atoms with Gasteiger partial charge in [-0.3, -0.25) is 14.4 Å². The smallest absolute Gasteiger partial charge is 0.306 e. The Morgan fingerprint density at radius 3 is 1.00 bits per heavy atom. The van der Waals surface area contributed by atoms with Gasteiger partial charge in [0.15, 0.2) is 6.10 Å². The first kappa shape index (κ1) is 66.0. The standard InChI is InChI=1S/C65H100O6/c1-4-7-10-13-16-19-22-25-28-31-33-35-37-40-43-46-49-52-55-58-64(67)70-61-62(60-69-63(66)57-54-51-48-45-42-39-36-30-27-24-21-18-15-12-9-6-3)71-65(68)59-56-53-50-47-44-41-38-34-32-29-26-23-20-17-14-11-8-5-2/h7,9-10,12,16-21,23,25-30,32-35,38-40,42-43,62H,4-6,8,11,13-15,22,24,31,36-37,41,44-61H2,1-3H3/b10-7-,12-9-,19-16-,20-17-,21-18-,26-23-,28-25-,30-27-,32-29-,35-33-,38-34-,42-39-,43-40-. The second kappa shape index (κ2) is 57.6. The largest absolute Gasteiger partial charge is 0.462 e. The lowest BCUT2D eigenvalue weighted by molar-refractivity contribution is -0.167. The molecule has 1 unspecified atom stereocenters. The number of rotatable bonds is 48. The van der Waals surface area contributed by atoms with Gasteiger partial charge in [-0.25, -0.2) is 0 Å². The zero-order valence-electron chi connectivity index (χ0n) is 45.2. The number of hydrogen-bond acceptors (Lipinski definition) is 6. The number of esters is 3. The Labute approximate surface area is 435 Å². The third-order valence-corrected chi connectivity index (χ3v) is 11.1. The molecule has 0 aromatic carbocycles. The van der Waals surface area contributed by atoms with Crippen molar-refractivity contribution in [2.24, 2.45) is 0 Å². The zero-order chi connectivity index (χ0) is 51.4. The van der Waals surface area contributed by atoms with Gasteiger partial charge in [0.05, 0.1) is 0 Å². The molecule has 0 saturated heterocycles. The van der Waals surface area contributed by atoms with Gasteiger partial charge in [0.2, 0.25) is 0 Å². The van der Waals surface area contributed by atoms with Gasteiger partial charge in [0.25, 0.3) is 0 Å². The molecule has 0 aromatic rings. The van der Waals surface area contributed by atoms with Crippen molar-refractivity contribution in [3.8, 4) is 0 Å². The predicted octanol–water partition coefficient (Wildman–Crippen LogP) is 19.0. The molecule has 0 rings (SSSR count). The van der Waals surface area contributed by atoms with Crippen LogP contribution >= 0.6 is 0 Å². The molecular formula is C65H100O6. The van der Waals surface area contributed by atoms with E-state index in [4.69, 9.17) is 14.2 Å². The Kier molecular flexibility index (Phi) is 53.6. The predicted molar refractivity (Wildman–Crippen MR) is 306 cm³/mol. The number of allylic oxidation sites excluding steroid dienone is 26. The van der Waals surface area contributed by atoms with Crippen LogP contribution < -0.4 is 0 Å². The summed E-state index contributed by atoms with van der Waals surface area (Å²) < 4.78 is 16.8. The van der Waals surface area contributed by atoms with E-state index in [2.05, 4.69) is 179 Å². The van der Waals surface area contributed by atoms with E-state index in [9.17, 15) is 14.4 Å². The lowest BCUT2D eigenvalue weighted by Gasteiger charge is -2.18. The Bertz CT molecular complexity index is 1640. The first-order valence-electron chi connectivity index (χ1n) is 28.0. The summed E-state index contributed by atoms with van der Waals surface area (Å²) in [7, 11) is 0. The molecule has 0 N–H and O–H groups in total. The molecule has 71 heavy (non-hydrogen) atoms. The average Bonchev–Trinajstić information content (AvgIpc) is 3.37. The molecule has 0 radical (unpaired) electrons. The van der Waals surface area contributed by atoms with Crippen molar-refractivity contribution in [1.82, 2.24) is 0 Å². The highest BCUT2D eigenvalue weighted by atomic mass is 16.6. The second-order valence-electron chi connectivity index (χ2n) is 17.8. The van der Waals surface area contributed by atoms with Gasteiger partial charge in [-0.15, -0.1) is 0 Å². The lowest BCUT2D eigenvalue weighted by Crippen LogP contribution is -2.30. The van der Waals surface area contributed by atoms with E-state index < -0.39 is 6.10 Å². The Hall–Kier alpha value is -4.97. The third-order valence-electron chi connectivity index (χ3n) is 11.1. The summed E-state index contributed by atoms with van der Waals surface area (Å²) in [5.74, 6) is -1.02. The Balaban J connectivity index is 4.60. The van der Waals surface area contributed by atoms with Gasteiger partial charge in [-0.05, 0) is 128 Å². The SMILES string of the molecule is CC/C=C\C/C=C\C/C=C\C/C=C\C/C=C\CCCCCC(=O)OCC(COC(=O)CCCCC/C=C\C/C=C\C/C=C\C/C=C\CC)OC(=O)CCCCCCC\C=C/C=C\C=C/C=C\CCCCC. The van der Waals surface area contributed by atoms with Crippen molar-refractivity contribution < 1.29 is 28.6 Å². The van der Waals surface area contributed by atoms with Crippen molar-refractivity contribution in [1.29, 1.82) is 0 Å². The van der Waals surface area contributed by atoms with E-state index >= 15 is 0 Å². The highest BCUT2D eigenvalue weighted by Crippen LogP contribution is 2.12. The summed E-state index contributed by atoms with van der Waals surface area (Å²) in [5.41, 5.74) is 0. The van der Waals surface area contributed by atoms with Crippen molar-refractivity contribution in [2.45, 2.75) is 219 Å². The Morgan fingerprint density at radius 2 is 0.606 bits per heavy atom. The molecule has 0 amide bonds. The van der Waals surface area contributed by atoms with E-state index in [0.29, 0.717) is 12.8 Å². The molecular weight excluding hydrogens is 877 g/mol. The minimum atomic E-state index is -0.827. The molecule has 6 heteroatoms. The maximum atomic E-state index is 12.9. The first-order valence-corrected chi connectivity index (χ1v) is 28.0. The van der Waals surface area contributed by atoms with Crippen LogP contribution in [0.5, 0.6) is 0 Å². The lowest BCUT2D eigenvalue weighted by atomic mass is 10.1. The highest BCUT2D eigenvalue weighted by molar-refractivity contribution is 5.71. The highest BCUT2D eigenvalue weighted by Gasteiger charge is 2.19. The molecule has 6 nitrogen and oxygen atoms in total. The van der Waals surface area contributed by atoms with Gasteiger partial charge >= 0.3 is 17.9 Å². The van der Waals surface area contributed by atoms with E-state index in [1.807, 2.05) is 0 Å². The summed E-state index contributed by atoms with van der Waals surface area (Å²) in [6.07, 6.45) is 83.6. The van der Waals surface area contributed by atoms with Crippen LogP contribution in [0.15, 0.2) is 158 Å². The summed E-state index contributed by atoms with van der Waals surface area (Å²) in [6, 6.07) is 0. The molecule has 0 fully saturated rings. The second-order valence-corrected chi connectivity index (χ2v) is 17.8. The number of ether oxygens (including phenoxy) is 3. The van der Waals surface area contributed by atoms with Crippen LogP contribution in [0.2, 0.25) is 0 Å². The van der Waals surface area contributed by atoms with Crippen LogP contribution in [0.3, 0.4) is 0 Å². The van der Waals surface area contributed by atoms with Crippen LogP contribution in [-0.2, 0) is 28.6 Å². The van der Waals surface area contributed by atoms with Crippen molar-refractivity contribution in [3.63, 3.8) is 0 Å². The summed E-state index contributed by atoms with van der Waals surface area (Å²) >= 11 is 0. The first-order chi connectivity index (χ1) is 35.0. The number of carbonyl (C=O) groups is 3. The topological polar surface area (TPSA) is 78.9 Å². The molecule has 0 aliphatic heterocycles. The number of carbonyl (C=O) groups excluding carboxylic acids is 3. The van der Waals surface area contributed by atoms with Crippen molar-refractivity contribution in [3.05, 3.63) is 158 Å². The van der Waals surface area contributed by atoms with Gasteiger partial charge in [0.1, 0.15) is 13.2 Å². The summed E-state index contributed by atoms with van der Waals surface area (Å²) in [6.45, 7) is 6.28. The van der Waals surface area contributed by atoms with E-state index in [-0.39, 0.29) is 37.5 Å². The maximum Gasteiger partial charge on any atom is 0.306 e. The van der Waals surface area contributed by atoms with E-state index in [0.717, 1.165) is 154 Å². The van der Waals surface area contributed by atoms with Crippen LogP contribution in [0.4, 0.5) is 0 Å². The fraction of sp³-hybridized carbons (Fsp3) is 0.554. The maximum absolute atomic E-state index is 12.9. The van der Waals surface area contributed by atoms with Crippen LogP contribution in [-0.4, -0.2) is 37.2 Å². The van der Waals surface area contributed by atoms with E-state index in [1.165, 1.54) is 19.3 Å². The zero-order valence-corrected chi connectivity index (χ0v) is 45.2. The molecule has 0 aromatic heterocycles. The molecule has 1 atom stereocenters. The van der Waals surface area contributed by atoms with Gasteiger partial charge in [-0.1, -0.05) is 224 Å². The monoisotopic (exact) mass is 977 g/mol. The molecule has 0 aliphatic rings. The van der Waals surface area contributed by atoms with Gasteiger partial charge in [0, 0.05) is 19.3 Å². The minimum absolute atomic E-state index is 0.123. The summed E-state index contributed by atoms with van der Waals surface area (Å²) in [5, 5.41) is 0. The van der Waals surface area contributed by atoms with Crippen LogP contribution in [0, 0.1) is 0 Å². The minimum Gasteiger partial charge on any atom is -0.462 e. The fourth-order valence-electron chi connectivity index (χ4n) is 6.94. The third kappa shape index (κ3) is 55.8. The van der Waals surface area contributed by atoms with Gasteiger partial charge < -0.3 is 14.2 Å². The fourth-order valence-corrected chi connectivity index (χ4v) is 6.94. The Morgan fingerprint density at radius 1 is 0.310 bits per heavy atom. The van der Waals surface area contributed by atoms with Crippen molar-refractivity contribution in [2.75, 3.05) is 13.2 Å². The number of unbranched alkanes of at least 4 members (excludes halogenated alkanes) is 14. The summed E-state index contributed by atoms with van der Waals surface area (Å²) in [4.78, 5) is 38.2. The van der Waals surface area contributed by atoms with Crippen LogP contribution in [0.25, 0.3) is 0 Å². The quantitative estimate of drug-likeness (QED) is 0.0199. The van der Waals surface area contributed by atoms with E-state index in [1.54, 1.807) is 0 Å². The van der Waals surface area contributed by atoms with Crippen molar-refractivity contribution >= 4 is 17.9 Å². The molecule has 0 aliphatic carbocycles. The normalized spacial score (nSPS) is 13.3. The molecule has 396 valence electrons. The molecule has 0 bridgehead atoms. The molecule has 0 heterocycles. The molecule has 0 saturated carbocycles. The average molecular weight is 978 g/mol. The number of hydrogen-bond donors (Lipinski definition) is 0. The molecule has 0 spiro atoms. The van der Waals surface area contributed by atoms with Crippen LogP contribution in [0.1, 0.15) is 213 Å². The van der Waals surface area contributed by atoms with Gasteiger partial charge in [-0.2, -0.15) is 0 Å².